The largest absolute Gasteiger partial charge is 0.367 e. The van der Waals surface area contributed by atoms with Gasteiger partial charge in [0.2, 0.25) is 0 Å². The number of hydrogen-bond donors (Lipinski definition) is 1. The Morgan fingerprint density at radius 3 is 2.78 bits per heavy atom. The predicted molar refractivity (Wildman–Crippen MR) is 103 cm³/mol. The van der Waals surface area contributed by atoms with Crippen LogP contribution >= 0.6 is 11.6 Å². The van der Waals surface area contributed by atoms with Crippen molar-refractivity contribution < 1.29 is 4.39 Å². The highest BCUT2D eigenvalue weighted by Gasteiger charge is 2.41. The maximum absolute atomic E-state index is 15.3. The SMILES string of the molecule is CCC1C[C@H](C#N)CC(F)[C@@H]1c1c(Cl)nc2ncnn2c1N[C@H](C)C(C)C. The van der Waals surface area contributed by atoms with E-state index in [0.29, 0.717) is 29.5 Å². The van der Waals surface area contributed by atoms with Gasteiger partial charge in [-0.1, -0.05) is 38.8 Å². The normalized spacial score (nSPS) is 26.9. The quantitative estimate of drug-likeness (QED) is 0.751. The Balaban J connectivity index is 2.14. The number of rotatable bonds is 5. The van der Waals surface area contributed by atoms with E-state index in [1.165, 1.54) is 6.33 Å². The Hall–Kier alpha value is -1.94. The molecule has 3 rings (SSSR count). The summed E-state index contributed by atoms with van der Waals surface area (Å²) < 4.78 is 16.9. The minimum atomic E-state index is -1.15. The zero-order chi connectivity index (χ0) is 19.7. The Bertz CT molecular complexity index is 845. The van der Waals surface area contributed by atoms with E-state index >= 15 is 4.39 Å². The molecule has 2 heterocycles. The molecule has 1 aliphatic carbocycles. The van der Waals surface area contributed by atoms with Gasteiger partial charge in [0.15, 0.2) is 0 Å². The molecule has 5 atom stereocenters. The Morgan fingerprint density at radius 2 is 2.15 bits per heavy atom. The highest BCUT2D eigenvalue weighted by atomic mass is 35.5. The van der Waals surface area contributed by atoms with Crippen LogP contribution in [0.3, 0.4) is 0 Å². The van der Waals surface area contributed by atoms with Crippen LogP contribution < -0.4 is 5.32 Å². The van der Waals surface area contributed by atoms with E-state index in [2.05, 4.69) is 47.2 Å². The van der Waals surface area contributed by atoms with Gasteiger partial charge in [-0.3, -0.25) is 0 Å². The lowest BCUT2D eigenvalue weighted by Gasteiger charge is -2.37. The molecule has 0 spiro atoms. The lowest BCUT2D eigenvalue weighted by atomic mass is 9.69. The molecule has 2 unspecified atom stereocenters. The molecule has 0 radical (unpaired) electrons. The number of hydrogen-bond acceptors (Lipinski definition) is 5. The molecule has 2 aromatic rings. The lowest BCUT2D eigenvalue weighted by Crippen LogP contribution is -2.34. The minimum Gasteiger partial charge on any atom is -0.367 e. The van der Waals surface area contributed by atoms with Crippen LogP contribution in [0.5, 0.6) is 0 Å². The van der Waals surface area contributed by atoms with Gasteiger partial charge >= 0.3 is 0 Å². The summed E-state index contributed by atoms with van der Waals surface area (Å²) >= 11 is 6.56. The van der Waals surface area contributed by atoms with E-state index < -0.39 is 12.1 Å². The summed E-state index contributed by atoms with van der Waals surface area (Å²) in [7, 11) is 0. The smallest absolute Gasteiger partial charge is 0.255 e. The van der Waals surface area contributed by atoms with Gasteiger partial charge in [-0.2, -0.15) is 24.8 Å². The van der Waals surface area contributed by atoms with Gasteiger partial charge in [-0.15, -0.1) is 0 Å². The summed E-state index contributed by atoms with van der Waals surface area (Å²) in [4.78, 5) is 8.49. The van der Waals surface area contributed by atoms with Gasteiger partial charge < -0.3 is 5.32 Å². The van der Waals surface area contributed by atoms with Crippen LogP contribution in [0.1, 0.15) is 58.4 Å². The minimum absolute atomic E-state index is 0.0218. The molecule has 1 N–H and O–H groups in total. The number of aromatic nitrogens is 4. The van der Waals surface area contributed by atoms with E-state index in [1.54, 1.807) is 4.52 Å². The van der Waals surface area contributed by atoms with E-state index in [9.17, 15) is 5.26 Å². The molecular weight excluding hydrogens is 367 g/mol. The number of nitrogens with one attached hydrogen (secondary N) is 1. The van der Waals surface area contributed by atoms with E-state index in [-0.39, 0.29) is 29.5 Å². The zero-order valence-corrected chi connectivity index (χ0v) is 16.9. The van der Waals surface area contributed by atoms with Crippen molar-refractivity contribution in [2.45, 2.75) is 65.1 Å². The average molecular weight is 393 g/mol. The fraction of sp³-hybridized carbons (Fsp3) is 0.684. The first-order chi connectivity index (χ1) is 12.9. The molecule has 2 aromatic heterocycles. The maximum atomic E-state index is 15.3. The van der Waals surface area contributed by atoms with Crippen molar-refractivity contribution in [1.82, 2.24) is 19.6 Å². The summed E-state index contributed by atoms with van der Waals surface area (Å²) in [6, 6.07) is 2.37. The number of nitrogens with zero attached hydrogens (tertiary/aromatic N) is 5. The summed E-state index contributed by atoms with van der Waals surface area (Å²) in [5.41, 5.74) is 0.651. The number of alkyl halides is 1. The topological polar surface area (TPSA) is 78.9 Å². The monoisotopic (exact) mass is 392 g/mol. The standard InChI is InChI=1S/C19H26ClFN6/c1-5-13-6-12(8-22)7-14(21)15(13)16-17(20)26-19-23-9-24-27(19)18(16)25-11(4)10(2)3/h9-15,25H,5-7H2,1-4H3/t11-,12+,13?,14?,15-/m1/s1. The van der Waals surface area contributed by atoms with Crippen LogP contribution in [-0.2, 0) is 0 Å². The molecule has 0 saturated heterocycles. The molecule has 1 saturated carbocycles. The highest BCUT2D eigenvalue weighted by Crippen LogP contribution is 2.47. The van der Waals surface area contributed by atoms with Gasteiger partial charge in [-0.05, 0) is 31.6 Å². The predicted octanol–water partition coefficient (Wildman–Crippen LogP) is 4.62. The first kappa shape index (κ1) is 19.8. The molecule has 1 aliphatic rings. The molecular formula is C19H26ClFN6. The molecule has 8 heteroatoms. The van der Waals surface area contributed by atoms with E-state index in [4.69, 9.17) is 11.6 Å². The molecule has 0 amide bonds. The zero-order valence-electron chi connectivity index (χ0n) is 16.2. The van der Waals surface area contributed by atoms with Gasteiger partial charge in [0.1, 0.15) is 23.5 Å². The van der Waals surface area contributed by atoms with Gasteiger partial charge in [0.25, 0.3) is 5.78 Å². The Morgan fingerprint density at radius 1 is 1.41 bits per heavy atom. The van der Waals surface area contributed by atoms with Crippen molar-refractivity contribution in [3.8, 4) is 6.07 Å². The van der Waals surface area contributed by atoms with Crippen LogP contribution in [0.2, 0.25) is 5.15 Å². The lowest BCUT2D eigenvalue weighted by molar-refractivity contribution is 0.133. The molecule has 0 aliphatic heterocycles. The number of fused-ring (bicyclic) bond motifs is 1. The van der Waals surface area contributed by atoms with Crippen molar-refractivity contribution in [2.75, 3.05) is 5.32 Å². The fourth-order valence-electron chi connectivity index (χ4n) is 3.91. The van der Waals surface area contributed by atoms with Crippen LogP contribution in [0.4, 0.5) is 10.2 Å². The first-order valence-corrected chi connectivity index (χ1v) is 9.94. The summed E-state index contributed by atoms with van der Waals surface area (Å²) in [5, 5.41) is 17.3. The third-order valence-electron chi connectivity index (χ3n) is 5.82. The molecule has 6 nitrogen and oxygen atoms in total. The van der Waals surface area contributed by atoms with Crippen molar-refractivity contribution in [3.63, 3.8) is 0 Å². The molecule has 146 valence electrons. The summed E-state index contributed by atoms with van der Waals surface area (Å²) in [6.45, 7) is 8.33. The van der Waals surface area contributed by atoms with Crippen molar-refractivity contribution >= 4 is 23.2 Å². The fourth-order valence-corrected chi connectivity index (χ4v) is 4.20. The van der Waals surface area contributed by atoms with Gasteiger partial charge in [0, 0.05) is 23.4 Å². The second-order valence-corrected chi connectivity index (χ2v) is 8.18. The van der Waals surface area contributed by atoms with Crippen molar-refractivity contribution in [1.29, 1.82) is 5.26 Å². The Labute approximate surface area is 164 Å². The number of anilines is 1. The second kappa shape index (κ2) is 7.97. The van der Waals surface area contributed by atoms with Crippen LogP contribution in [-0.4, -0.2) is 31.8 Å². The summed E-state index contributed by atoms with van der Waals surface area (Å²) in [5.74, 6) is 0.750. The van der Waals surface area contributed by atoms with Gasteiger partial charge in [0.05, 0.1) is 6.07 Å². The van der Waals surface area contributed by atoms with Gasteiger partial charge in [-0.25, -0.2) is 4.39 Å². The average Bonchev–Trinajstić information content (AvgIpc) is 3.09. The third kappa shape index (κ3) is 3.73. The van der Waals surface area contributed by atoms with Crippen LogP contribution in [0.15, 0.2) is 6.33 Å². The molecule has 0 aromatic carbocycles. The van der Waals surface area contributed by atoms with E-state index in [1.807, 2.05) is 6.92 Å². The van der Waals surface area contributed by atoms with Crippen molar-refractivity contribution in [2.24, 2.45) is 17.8 Å². The molecule has 27 heavy (non-hydrogen) atoms. The third-order valence-corrected chi connectivity index (χ3v) is 6.10. The van der Waals surface area contributed by atoms with E-state index in [0.717, 1.165) is 6.42 Å². The first-order valence-electron chi connectivity index (χ1n) is 9.56. The molecule has 0 bridgehead atoms. The maximum Gasteiger partial charge on any atom is 0.255 e. The number of halogens is 2. The summed E-state index contributed by atoms with van der Waals surface area (Å²) in [6.07, 6.45) is 1.94. The molecule has 1 fully saturated rings. The highest BCUT2D eigenvalue weighted by molar-refractivity contribution is 6.30. The second-order valence-electron chi connectivity index (χ2n) is 7.82. The number of nitriles is 1. The Kier molecular flexibility index (Phi) is 5.85. The van der Waals surface area contributed by atoms with Crippen LogP contribution in [0, 0.1) is 29.1 Å². The van der Waals surface area contributed by atoms with Crippen LogP contribution in [0.25, 0.3) is 5.78 Å². The van der Waals surface area contributed by atoms with Crippen molar-refractivity contribution in [3.05, 3.63) is 17.0 Å².